The predicted octanol–water partition coefficient (Wildman–Crippen LogP) is 1.05. The lowest BCUT2D eigenvalue weighted by atomic mass is 10.1. The van der Waals surface area contributed by atoms with Crippen molar-refractivity contribution in [3.63, 3.8) is 0 Å². The monoisotopic (exact) mass is 149 g/mol. The Morgan fingerprint density at radius 2 is 2.45 bits per heavy atom. The first kappa shape index (κ1) is 6.34. The first-order valence-corrected chi connectivity index (χ1v) is 3.45. The zero-order valence-corrected chi connectivity index (χ0v) is 6.07. The van der Waals surface area contributed by atoms with E-state index < -0.39 is 0 Å². The predicted molar refractivity (Wildman–Crippen MR) is 38.7 cm³/mol. The first-order valence-electron chi connectivity index (χ1n) is 3.45. The number of Topliss-reactive ketones (excluding diaryl/α,β-unsaturated/α-hetero) is 1. The van der Waals surface area contributed by atoms with Crippen molar-refractivity contribution < 1.29 is 9.53 Å². The van der Waals surface area contributed by atoms with Gasteiger partial charge in [-0.2, -0.15) is 0 Å². The summed E-state index contributed by atoms with van der Waals surface area (Å²) in [6, 6.07) is 3.46. The van der Waals surface area contributed by atoms with Crippen molar-refractivity contribution in [3.05, 3.63) is 23.9 Å². The Hall–Kier alpha value is -1.38. The Kier molecular flexibility index (Phi) is 1.18. The standard InChI is InChI=1S/C8H7NO2/c1-5-7(10)6-3-2-4-9-8(6)11-5/h2-5H,1H3/t5-/m1/s1. The summed E-state index contributed by atoms with van der Waals surface area (Å²) in [5, 5.41) is 0. The van der Waals surface area contributed by atoms with Crippen LogP contribution in [0.2, 0.25) is 0 Å². The van der Waals surface area contributed by atoms with E-state index in [1.807, 2.05) is 0 Å². The Morgan fingerprint density at radius 1 is 1.64 bits per heavy atom. The molecule has 0 bridgehead atoms. The molecule has 0 fully saturated rings. The third-order valence-electron chi connectivity index (χ3n) is 1.69. The van der Waals surface area contributed by atoms with Crippen molar-refractivity contribution >= 4 is 5.78 Å². The van der Waals surface area contributed by atoms with Gasteiger partial charge in [0.1, 0.15) is 0 Å². The fraction of sp³-hybridized carbons (Fsp3) is 0.250. The van der Waals surface area contributed by atoms with E-state index in [-0.39, 0.29) is 11.9 Å². The molecule has 56 valence electrons. The highest BCUT2D eigenvalue weighted by Crippen LogP contribution is 2.24. The molecule has 0 aliphatic carbocycles. The molecule has 0 aromatic carbocycles. The van der Waals surface area contributed by atoms with E-state index in [1.54, 1.807) is 25.3 Å². The maximum atomic E-state index is 11.2. The lowest BCUT2D eigenvalue weighted by molar-refractivity contribution is 0.0876. The van der Waals surface area contributed by atoms with Crippen LogP contribution in [0.1, 0.15) is 17.3 Å². The molecule has 2 heterocycles. The second-order valence-electron chi connectivity index (χ2n) is 2.48. The molecule has 0 N–H and O–H groups in total. The number of carbonyl (C=O) groups excluding carboxylic acids is 1. The van der Waals surface area contributed by atoms with Gasteiger partial charge < -0.3 is 4.74 Å². The molecular weight excluding hydrogens is 142 g/mol. The van der Waals surface area contributed by atoms with Crippen LogP contribution in [-0.4, -0.2) is 16.9 Å². The van der Waals surface area contributed by atoms with Crippen LogP contribution < -0.4 is 4.74 Å². The largest absolute Gasteiger partial charge is 0.466 e. The molecule has 0 spiro atoms. The lowest BCUT2D eigenvalue weighted by Gasteiger charge is -1.97. The third kappa shape index (κ3) is 0.808. The van der Waals surface area contributed by atoms with Crippen LogP contribution in [-0.2, 0) is 0 Å². The molecule has 0 saturated heterocycles. The number of hydrogen-bond acceptors (Lipinski definition) is 3. The molecule has 0 radical (unpaired) electrons. The Bertz CT molecular complexity index is 309. The molecule has 3 heteroatoms. The van der Waals surface area contributed by atoms with E-state index in [1.165, 1.54) is 0 Å². The molecule has 3 nitrogen and oxygen atoms in total. The maximum absolute atomic E-state index is 11.2. The Labute approximate surface area is 64.0 Å². The zero-order chi connectivity index (χ0) is 7.84. The normalized spacial score (nSPS) is 21.2. The van der Waals surface area contributed by atoms with Crippen LogP contribution in [0.15, 0.2) is 18.3 Å². The van der Waals surface area contributed by atoms with Crippen LogP contribution in [0.5, 0.6) is 5.88 Å². The smallest absolute Gasteiger partial charge is 0.225 e. The van der Waals surface area contributed by atoms with E-state index >= 15 is 0 Å². The summed E-state index contributed by atoms with van der Waals surface area (Å²) in [4.78, 5) is 15.1. The van der Waals surface area contributed by atoms with Crippen LogP contribution in [0.3, 0.4) is 0 Å². The first-order chi connectivity index (χ1) is 5.29. The number of fused-ring (bicyclic) bond motifs is 1. The maximum Gasteiger partial charge on any atom is 0.225 e. The van der Waals surface area contributed by atoms with Crippen LogP contribution in [0, 0.1) is 0 Å². The molecule has 1 aliphatic rings. The summed E-state index contributed by atoms with van der Waals surface area (Å²) in [5.41, 5.74) is 0.597. The number of hydrogen-bond donors (Lipinski definition) is 0. The molecule has 1 aromatic rings. The minimum atomic E-state index is -0.361. The van der Waals surface area contributed by atoms with Gasteiger partial charge in [0.25, 0.3) is 0 Å². The summed E-state index contributed by atoms with van der Waals surface area (Å²) >= 11 is 0. The quantitative estimate of drug-likeness (QED) is 0.553. The fourth-order valence-corrected chi connectivity index (χ4v) is 1.11. The number of pyridine rings is 1. The molecule has 2 rings (SSSR count). The van der Waals surface area contributed by atoms with Crippen LogP contribution >= 0.6 is 0 Å². The van der Waals surface area contributed by atoms with Gasteiger partial charge in [-0.15, -0.1) is 0 Å². The van der Waals surface area contributed by atoms with Crippen molar-refractivity contribution in [1.82, 2.24) is 4.98 Å². The number of carbonyl (C=O) groups is 1. The van der Waals surface area contributed by atoms with Crippen molar-refractivity contribution in [3.8, 4) is 5.88 Å². The number of ether oxygens (including phenoxy) is 1. The SMILES string of the molecule is C[C@H]1Oc2ncccc2C1=O. The molecule has 0 amide bonds. The molecular formula is C8H7NO2. The van der Waals surface area contributed by atoms with E-state index in [2.05, 4.69) is 4.98 Å². The summed E-state index contributed by atoms with van der Waals surface area (Å²) in [6.07, 6.45) is 1.25. The molecule has 1 aromatic heterocycles. The zero-order valence-electron chi connectivity index (χ0n) is 6.07. The second kappa shape index (κ2) is 2.05. The highest BCUT2D eigenvalue weighted by Gasteiger charge is 2.28. The van der Waals surface area contributed by atoms with Crippen molar-refractivity contribution in [2.75, 3.05) is 0 Å². The van der Waals surface area contributed by atoms with E-state index in [4.69, 9.17) is 4.74 Å². The molecule has 0 unspecified atom stereocenters. The number of rotatable bonds is 0. The lowest BCUT2D eigenvalue weighted by Crippen LogP contribution is -2.14. The summed E-state index contributed by atoms with van der Waals surface area (Å²) < 4.78 is 5.16. The summed E-state index contributed by atoms with van der Waals surface area (Å²) in [5.74, 6) is 0.484. The molecule has 0 saturated carbocycles. The van der Waals surface area contributed by atoms with Gasteiger partial charge in [0.05, 0.1) is 5.56 Å². The van der Waals surface area contributed by atoms with Crippen molar-refractivity contribution in [1.29, 1.82) is 0 Å². The van der Waals surface area contributed by atoms with E-state index in [0.29, 0.717) is 11.4 Å². The van der Waals surface area contributed by atoms with Crippen LogP contribution in [0.4, 0.5) is 0 Å². The van der Waals surface area contributed by atoms with Gasteiger partial charge >= 0.3 is 0 Å². The Balaban J connectivity index is 2.55. The summed E-state index contributed by atoms with van der Waals surface area (Å²) in [6.45, 7) is 1.73. The minimum absolute atomic E-state index is 0.0214. The summed E-state index contributed by atoms with van der Waals surface area (Å²) in [7, 11) is 0. The van der Waals surface area contributed by atoms with Gasteiger partial charge in [0.15, 0.2) is 6.10 Å². The molecule has 11 heavy (non-hydrogen) atoms. The van der Waals surface area contributed by atoms with Gasteiger partial charge in [-0.1, -0.05) is 0 Å². The van der Waals surface area contributed by atoms with Gasteiger partial charge in [-0.3, -0.25) is 4.79 Å². The average Bonchev–Trinajstić information content (AvgIpc) is 2.30. The van der Waals surface area contributed by atoms with Crippen molar-refractivity contribution in [2.24, 2.45) is 0 Å². The van der Waals surface area contributed by atoms with Gasteiger partial charge in [-0.05, 0) is 19.1 Å². The Morgan fingerprint density at radius 3 is 3.18 bits per heavy atom. The topological polar surface area (TPSA) is 39.2 Å². The third-order valence-corrected chi connectivity index (χ3v) is 1.69. The van der Waals surface area contributed by atoms with Gasteiger partial charge in [-0.25, -0.2) is 4.98 Å². The van der Waals surface area contributed by atoms with E-state index in [0.717, 1.165) is 0 Å². The fourth-order valence-electron chi connectivity index (χ4n) is 1.11. The number of ketones is 1. The highest BCUT2D eigenvalue weighted by atomic mass is 16.5. The second-order valence-corrected chi connectivity index (χ2v) is 2.48. The minimum Gasteiger partial charge on any atom is -0.466 e. The molecule has 1 aliphatic heterocycles. The number of nitrogens with zero attached hydrogens (tertiary/aromatic N) is 1. The number of aromatic nitrogens is 1. The van der Waals surface area contributed by atoms with Gasteiger partial charge in [0.2, 0.25) is 11.7 Å². The molecule has 1 atom stereocenters. The highest BCUT2D eigenvalue weighted by molar-refractivity contribution is 6.03. The van der Waals surface area contributed by atoms with Crippen LogP contribution in [0.25, 0.3) is 0 Å². The van der Waals surface area contributed by atoms with Crippen molar-refractivity contribution in [2.45, 2.75) is 13.0 Å². The average molecular weight is 149 g/mol. The van der Waals surface area contributed by atoms with E-state index in [9.17, 15) is 4.79 Å². The van der Waals surface area contributed by atoms with Gasteiger partial charge in [0, 0.05) is 6.20 Å².